The maximum atomic E-state index is 2.36. The van der Waals surface area contributed by atoms with Crippen LogP contribution in [0.15, 0.2) is 0 Å². The Labute approximate surface area is 215 Å². The lowest BCUT2D eigenvalue weighted by Crippen LogP contribution is -2.20. The van der Waals surface area contributed by atoms with Crippen LogP contribution in [-0.2, 0) is 0 Å². The van der Waals surface area contributed by atoms with E-state index < -0.39 is 0 Å². The van der Waals surface area contributed by atoms with E-state index >= 15 is 0 Å². The molecule has 0 aromatic rings. The van der Waals surface area contributed by atoms with Crippen LogP contribution in [0.5, 0.6) is 0 Å². The Morgan fingerprint density at radius 2 is 0.727 bits per heavy atom. The molecule has 0 aliphatic carbocycles. The predicted molar refractivity (Wildman–Crippen MR) is 156 cm³/mol. The van der Waals surface area contributed by atoms with Crippen LogP contribution < -0.4 is 0 Å². The van der Waals surface area contributed by atoms with Crippen LogP contribution in [0.25, 0.3) is 0 Å². The second-order valence-electron chi connectivity index (χ2n) is 11.4. The van der Waals surface area contributed by atoms with Gasteiger partial charge in [0, 0.05) is 4.75 Å². The number of hydrogen-bond acceptors (Lipinski definition) is 1. The normalized spacial score (nSPS) is 15.5. The average Bonchev–Trinajstić information content (AvgIpc) is 3.29. The van der Waals surface area contributed by atoms with Crippen molar-refractivity contribution in [1.29, 1.82) is 0 Å². The Kier molecular flexibility index (Phi) is 22.9. The molecule has 0 saturated carbocycles. The topological polar surface area (TPSA) is 0 Å². The zero-order valence-corrected chi connectivity index (χ0v) is 24.2. The molecule has 0 aromatic heterocycles. The second kappa shape index (κ2) is 24.1. The minimum atomic E-state index is 0.691. The highest BCUT2D eigenvalue weighted by molar-refractivity contribution is 8.00. The van der Waals surface area contributed by atoms with Crippen molar-refractivity contribution < 1.29 is 0 Å². The van der Waals surface area contributed by atoms with Crippen molar-refractivity contribution in [1.82, 2.24) is 0 Å². The number of hydrogen-bond donors (Lipinski definition) is 0. The summed E-state index contributed by atoms with van der Waals surface area (Å²) in [6.07, 6.45) is 41.5. The molecule has 0 N–H and O–H groups in total. The van der Waals surface area contributed by atoms with E-state index in [0.717, 1.165) is 0 Å². The third kappa shape index (κ3) is 19.2. The van der Waals surface area contributed by atoms with Crippen molar-refractivity contribution in [2.24, 2.45) is 0 Å². The van der Waals surface area contributed by atoms with E-state index in [0.29, 0.717) is 4.75 Å². The zero-order valence-electron chi connectivity index (χ0n) is 23.4. The Bertz CT molecular complexity index is 341. The molecule has 1 saturated heterocycles. The maximum Gasteiger partial charge on any atom is 0.0160 e. The first kappa shape index (κ1) is 31.4. The summed E-state index contributed by atoms with van der Waals surface area (Å²) in [6.45, 7) is 4.62. The Morgan fingerprint density at radius 3 is 1.00 bits per heavy atom. The van der Waals surface area contributed by atoms with Gasteiger partial charge < -0.3 is 0 Å². The van der Waals surface area contributed by atoms with Gasteiger partial charge in [0.1, 0.15) is 0 Å². The molecule has 0 nitrogen and oxygen atoms in total. The summed E-state index contributed by atoms with van der Waals surface area (Å²) in [7, 11) is 0. The lowest BCUT2D eigenvalue weighted by atomic mass is 9.90. The van der Waals surface area contributed by atoms with Gasteiger partial charge in [-0.1, -0.05) is 168 Å². The van der Waals surface area contributed by atoms with Crippen LogP contribution in [0.2, 0.25) is 0 Å². The highest BCUT2D eigenvalue weighted by Crippen LogP contribution is 2.45. The lowest BCUT2D eigenvalue weighted by Gasteiger charge is -2.28. The summed E-state index contributed by atoms with van der Waals surface area (Å²) >= 11 is 2.36. The van der Waals surface area contributed by atoms with Crippen molar-refractivity contribution in [2.45, 2.75) is 198 Å². The molecule has 0 unspecified atom stereocenters. The highest BCUT2D eigenvalue weighted by atomic mass is 32.2. The van der Waals surface area contributed by atoms with E-state index in [9.17, 15) is 0 Å². The third-order valence-corrected chi connectivity index (χ3v) is 9.87. The molecule has 198 valence electrons. The van der Waals surface area contributed by atoms with Gasteiger partial charge in [-0.3, -0.25) is 0 Å². The van der Waals surface area contributed by atoms with Crippen LogP contribution in [0.3, 0.4) is 0 Å². The third-order valence-electron chi connectivity index (χ3n) is 8.16. The fourth-order valence-electron chi connectivity index (χ4n) is 5.85. The molecule has 0 bridgehead atoms. The van der Waals surface area contributed by atoms with Gasteiger partial charge in [0.05, 0.1) is 0 Å². The molecule has 33 heavy (non-hydrogen) atoms. The van der Waals surface area contributed by atoms with Crippen LogP contribution in [-0.4, -0.2) is 10.5 Å². The largest absolute Gasteiger partial charge is 0.155 e. The average molecular weight is 481 g/mol. The quantitative estimate of drug-likeness (QED) is 0.111. The molecule has 1 heterocycles. The van der Waals surface area contributed by atoms with E-state index in [1.807, 2.05) is 0 Å². The predicted octanol–water partition coefficient (Wildman–Crippen LogP) is 12.4. The number of thioether (sulfide) groups is 1. The van der Waals surface area contributed by atoms with E-state index in [1.165, 1.54) is 186 Å². The van der Waals surface area contributed by atoms with Crippen molar-refractivity contribution >= 4 is 11.8 Å². The Morgan fingerprint density at radius 1 is 0.424 bits per heavy atom. The van der Waals surface area contributed by atoms with Crippen LogP contribution >= 0.6 is 11.8 Å². The minimum absolute atomic E-state index is 0.691. The molecule has 1 heteroatoms. The first-order valence-corrected chi connectivity index (χ1v) is 17.0. The van der Waals surface area contributed by atoms with Gasteiger partial charge in [0.15, 0.2) is 0 Å². The number of rotatable bonds is 26. The molecule has 0 spiro atoms. The van der Waals surface area contributed by atoms with Crippen molar-refractivity contribution in [2.75, 3.05) is 5.75 Å². The van der Waals surface area contributed by atoms with Gasteiger partial charge in [-0.15, -0.1) is 0 Å². The first-order chi connectivity index (χ1) is 16.3. The van der Waals surface area contributed by atoms with Gasteiger partial charge in [-0.2, -0.15) is 11.8 Å². The first-order valence-electron chi connectivity index (χ1n) is 16.0. The van der Waals surface area contributed by atoms with Crippen molar-refractivity contribution in [3.8, 4) is 0 Å². The smallest absolute Gasteiger partial charge is 0.0160 e. The molecule has 0 radical (unpaired) electrons. The molecule has 0 aromatic carbocycles. The highest BCUT2D eigenvalue weighted by Gasteiger charge is 2.33. The van der Waals surface area contributed by atoms with E-state index in [4.69, 9.17) is 0 Å². The van der Waals surface area contributed by atoms with Gasteiger partial charge in [0.25, 0.3) is 0 Å². The Balaban J connectivity index is 1.91. The van der Waals surface area contributed by atoms with Gasteiger partial charge in [0.2, 0.25) is 0 Å². The molecule has 1 aliphatic heterocycles. The molecular weight excluding hydrogens is 416 g/mol. The summed E-state index contributed by atoms with van der Waals surface area (Å²) in [5.41, 5.74) is 0. The summed E-state index contributed by atoms with van der Waals surface area (Å²) in [5, 5.41) is 0. The fraction of sp³-hybridized carbons (Fsp3) is 1.00. The van der Waals surface area contributed by atoms with Crippen molar-refractivity contribution in [3.05, 3.63) is 0 Å². The summed E-state index contributed by atoms with van der Waals surface area (Å²) in [4.78, 5) is 0. The lowest BCUT2D eigenvalue weighted by molar-refractivity contribution is 0.428. The maximum absolute atomic E-state index is 2.36. The molecule has 0 atom stereocenters. The molecule has 1 rings (SSSR count). The zero-order chi connectivity index (χ0) is 23.7. The monoisotopic (exact) mass is 480 g/mol. The molecule has 1 fully saturated rings. The summed E-state index contributed by atoms with van der Waals surface area (Å²) < 4.78 is 0.691. The standard InChI is InChI=1S/C32H64S/c1-3-5-7-9-11-13-15-17-19-21-23-25-28-32(30-27-31-33-32)29-26-24-22-20-18-16-14-12-10-8-6-4-2/h3-31H2,1-2H3. The van der Waals surface area contributed by atoms with Gasteiger partial charge >= 0.3 is 0 Å². The van der Waals surface area contributed by atoms with Gasteiger partial charge in [-0.05, 0) is 31.4 Å². The second-order valence-corrected chi connectivity index (χ2v) is 13.0. The molecular formula is C32H64S. The van der Waals surface area contributed by atoms with E-state index in [2.05, 4.69) is 25.6 Å². The van der Waals surface area contributed by atoms with Crippen LogP contribution in [0, 0.1) is 0 Å². The fourth-order valence-corrected chi connectivity index (χ4v) is 7.44. The minimum Gasteiger partial charge on any atom is -0.155 e. The molecule has 1 aliphatic rings. The SMILES string of the molecule is CCCCCCCCCCCCCCC1(CCCCCCCCCCCCCC)CCCS1. The van der Waals surface area contributed by atoms with Crippen LogP contribution in [0.1, 0.15) is 194 Å². The van der Waals surface area contributed by atoms with Crippen molar-refractivity contribution in [3.63, 3.8) is 0 Å². The number of unbranched alkanes of at least 4 members (excludes halogenated alkanes) is 22. The van der Waals surface area contributed by atoms with Crippen LogP contribution in [0.4, 0.5) is 0 Å². The van der Waals surface area contributed by atoms with E-state index in [1.54, 1.807) is 0 Å². The van der Waals surface area contributed by atoms with Gasteiger partial charge in [-0.25, -0.2) is 0 Å². The molecule has 0 amide bonds. The Hall–Kier alpha value is 0.350. The summed E-state index contributed by atoms with van der Waals surface area (Å²) in [6, 6.07) is 0. The van der Waals surface area contributed by atoms with E-state index in [-0.39, 0.29) is 0 Å². The summed E-state index contributed by atoms with van der Waals surface area (Å²) in [5.74, 6) is 1.44.